The van der Waals surface area contributed by atoms with Crippen LogP contribution in [0.5, 0.6) is 0 Å². The van der Waals surface area contributed by atoms with Gasteiger partial charge in [0, 0.05) is 17.9 Å². The molecule has 2 aromatic rings. The highest BCUT2D eigenvalue weighted by atomic mass is 35.5. The van der Waals surface area contributed by atoms with E-state index in [0.29, 0.717) is 23.7 Å². The molecule has 4 rings (SSSR count). The zero-order valence-corrected chi connectivity index (χ0v) is 16.8. The Morgan fingerprint density at radius 2 is 1.97 bits per heavy atom. The normalized spacial score (nSPS) is 22.0. The number of amides is 3. The Bertz CT molecular complexity index is 905. The van der Waals surface area contributed by atoms with Gasteiger partial charge in [0.2, 0.25) is 0 Å². The molecule has 2 saturated heterocycles. The number of hydrogen-bond acceptors (Lipinski definition) is 6. The number of cyclic esters (lactones) is 1. The number of carbonyl (C=O) groups excluding carboxylic acids is 3. The van der Waals surface area contributed by atoms with Crippen molar-refractivity contribution in [1.29, 1.82) is 0 Å². The van der Waals surface area contributed by atoms with Crippen molar-refractivity contribution in [2.75, 3.05) is 36.1 Å². The number of rotatable bonds is 5. The second-order valence-corrected chi connectivity index (χ2v) is 7.86. The topological polar surface area (TPSA) is 88.2 Å². The molecule has 0 spiro atoms. The molecule has 2 aliphatic heterocycles. The summed E-state index contributed by atoms with van der Waals surface area (Å²) in [5.41, 5.74) is 0.494. The lowest BCUT2D eigenvalue weighted by molar-refractivity contribution is -0.125. The summed E-state index contributed by atoms with van der Waals surface area (Å²) in [6.45, 7) is 1.12. The lowest BCUT2D eigenvalue weighted by atomic mass is 10.2. The summed E-state index contributed by atoms with van der Waals surface area (Å²) in [5.74, 6) is -0.348. The van der Waals surface area contributed by atoms with Crippen molar-refractivity contribution in [2.24, 2.45) is 0 Å². The van der Waals surface area contributed by atoms with Crippen LogP contribution in [-0.4, -0.2) is 55.8 Å². The lowest BCUT2D eigenvalue weighted by Gasteiger charge is -2.27. The van der Waals surface area contributed by atoms with Crippen LogP contribution in [0.2, 0.25) is 0 Å². The first kappa shape index (κ1) is 19.7. The average Bonchev–Trinajstić information content (AvgIpc) is 3.35. The zero-order chi connectivity index (χ0) is 20.4. The fourth-order valence-electron chi connectivity index (χ4n) is 3.17. The molecule has 2 aliphatic rings. The Kier molecular flexibility index (Phi) is 5.70. The van der Waals surface area contributed by atoms with Gasteiger partial charge in [-0.05, 0) is 35.7 Å². The summed E-state index contributed by atoms with van der Waals surface area (Å²) in [4.78, 5) is 39.9. The summed E-state index contributed by atoms with van der Waals surface area (Å²) in [5, 5.41) is 4.54. The second kappa shape index (κ2) is 8.40. The van der Waals surface area contributed by atoms with Gasteiger partial charge in [0.1, 0.15) is 6.61 Å². The van der Waals surface area contributed by atoms with Crippen molar-refractivity contribution in [1.82, 2.24) is 5.32 Å². The van der Waals surface area contributed by atoms with Gasteiger partial charge >= 0.3 is 6.09 Å². The predicted octanol–water partition coefficient (Wildman–Crippen LogP) is 2.43. The van der Waals surface area contributed by atoms with Gasteiger partial charge in [-0.15, -0.1) is 11.3 Å². The molecule has 3 heterocycles. The number of nitrogens with one attached hydrogen (secondary N) is 1. The largest absolute Gasteiger partial charge is 0.440 e. The van der Waals surface area contributed by atoms with Crippen LogP contribution >= 0.6 is 22.9 Å². The summed E-state index contributed by atoms with van der Waals surface area (Å²) in [6.07, 6.45) is -1.27. The van der Waals surface area contributed by atoms with E-state index in [1.807, 2.05) is 5.38 Å². The van der Waals surface area contributed by atoms with Crippen LogP contribution in [0.4, 0.5) is 16.2 Å². The first-order chi connectivity index (χ1) is 14.0. The highest BCUT2D eigenvalue weighted by Crippen LogP contribution is 2.31. The standard InChI is InChI=1S/C19H18ClN3O5S/c20-17-14(10-21-18(25)15-2-1-9-29-15)28-19(26)23(17)13-5-3-12(4-6-13)22-7-8-27-11-16(22)24/h1-6,9,14,17H,7-8,10-11H2,(H,21,25)/t14-,17?/m0/s1. The zero-order valence-electron chi connectivity index (χ0n) is 15.2. The van der Waals surface area contributed by atoms with Gasteiger partial charge in [-0.3, -0.25) is 14.5 Å². The summed E-state index contributed by atoms with van der Waals surface area (Å²) in [7, 11) is 0. The van der Waals surface area contributed by atoms with Gasteiger partial charge in [-0.25, -0.2) is 4.79 Å². The minimum absolute atomic E-state index is 0.0584. The molecule has 29 heavy (non-hydrogen) atoms. The van der Waals surface area contributed by atoms with Crippen LogP contribution < -0.4 is 15.1 Å². The highest BCUT2D eigenvalue weighted by Gasteiger charge is 2.41. The minimum Gasteiger partial charge on any atom is -0.440 e. The van der Waals surface area contributed by atoms with Gasteiger partial charge in [0.25, 0.3) is 11.8 Å². The van der Waals surface area contributed by atoms with Crippen molar-refractivity contribution in [3.8, 4) is 0 Å². The van der Waals surface area contributed by atoms with Crippen molar-refractivity contribution < 1.29 is 23.9 Å². The van der Waals surface area contributed by atoms with E-state index in [1.165, 1.54) is 16.2 Å². The van der Waals surface area contributed by atoms with Crippen LogP contribution in [0, 0.1) is 0 Å². The number of ether oxygens (including phenoxy) is 2. The van der Waals surface area contributed by atoms with Gasteiger partial charge in [-0.2, -0.15) is 0 Å². The summed E-state index contributed by atoms with van der Waals surface area (Å²) < 4.78 is 10.5. The molecule has 2 atom stereocenters. The van der Waals surface area contributed by atoms with Crippen LogP contribution in [0.1, 0.15) is 9.67 Å². The molecule has 1 aromatic carbocycles. The van der Waals surface area contributed by atoms with Gasteiger partial charge < -0.3 is 19.7 Å². The smallest absolute Gasteiger partial charge is 0.416 e. The maximum absolute atomic E-state index is 12.3. The molecule has 152 valence electrons. The Morgan fingerprint density at radius 1 is 1.21 bits per heavy atom. The molecular formula is C19H18ClN3O5S. The fraction of sp³-hybridized carbons (Fsp3) is 0.316. The number of nitrogens with zero attached hydrogens (tertiary/aromatic N) is 2. The maximum Gasteiger partial charge on any atom is 0.416 e. The molecule has 2 fully saturated rings. The van der Waals surface area contributed by atoms with E-state index in [9.17, 15) is 14.4 Å². The fourth-order valence-corrected chi connectivity index (χ4v) is 4.14. The number of carbonyl (C=O) groups is 3. The maximum atomic E-state index is 12.3. The van der Waals surface area contributed by atoms with E-state index in [4.69, 9.17) is 21.1 Å². The third-order valence-electron chi connectivity index (χ3n) is 4.64. The molecule has 0 saturated carbocycles. The first-order valence-electron chi connectivity index (χ1n) is 8.98. The molecule has 0 radical (unpaired) electrons. The number of alkyl halides is 1. The number of benzene rings is 1. The predicted molar refractivity (Wildman–Crippen MR) is 109 cm³/mol. The highest BCUT2D eigenvalue weighted by molar-refractivity contribution is 7.12. The van der Waals surface area contributed by atoms with E-state index in [-0.39, 0.29) is 25.0 Å². The second-order valence-electron chi connectivity index (χ2n) is 6.47. The molecule has 1 aromatic heterocycles. The summed E-state index contributed by atoms with van der Waals surface area (Å²) in [6, 6.07) is 10.4. The number of anilines is 2. The van der Waals surface area contributed by atoms with Crippen LogP contribution in [0.15, 0.2) is 41.8 Å². The molecule has 8 nitrogen and oxygen atoms in total. The van der Waals surface area contributed by atoms with Gasteiger partial charge in [0.05, 0.1) is 18.0 Å². The molecular weight excluding hydrogens is 418 g/mol. The molecule has 3 amide bonds. The Labute approximate surface area is 175 Å². The van der Waals surface area contributed by atoms with E-state index in [2.05, 4.69) is 5.32 Å². The van der Waals surface area contributed by atoms with Crippen LogP contribution in [0.25, 0.3) is 0 Å². The van der Waals surface area contributed by atoms with Crippen LogP contribution in [-0.2, 0) is 14.3 Å². The van der Waals surface area contributed by atoms with Crippen molar-refractivity contribution in [3.63, 3.8) is 0 Å². The van der Waals surface area contributed by atoms with Crippen molar-refractivity contribution in [2.45, 2.75) is 11.6 Å². The lowest BCUT2D eigenvalue weighted by Crippen LogP contribution is -2.41. The number of hydrogen-bond donors (Lipinski definition) is 1. The Hall–Kier alpha value is -2.62. The molecule has 10 heteroatoms. The number of halogens is 1. The minimum atomic E-state index is -0.776. The van der Waals surface area contributed by atoms with Crippen molar-refractivity contribution in [3.05, 3.63) is 46.7 Å². The van der Waals surface area contributed by atoms with Crippen LogP contribution in [0.3, 0.4) is 0 Å². The van der Waals surface area contributed by atoms with E-state index in [0.717, 1.165) is 5.69 Å². The molecule has 0 bridgehead atoms. The summed E-state index contributed by atoms with van der Waals surface area (Å²) >= 11 is 7.77. The SMILES string of the molecule is O=C(NC[C@@H]1OC(=O)N(c2ccc(N3CCOCC3=O)cc2)C1Cl)c1cccs1. The Morgan fingerprint density at radius 3 is 2.66 bits per heavy atom. The molecule has 1 unspecified atom stereocenters. The van der Waals surface area contributed by atoms with Gasteiger partial charge in [0.15, 0.2) is 11.6 Å². The Balaban J connectivity index is 1.41. The molecule has 0 aliphatic carbocycles. The quantitative estimate of drug-likeness (QED) is 0.575. The van der Waals surface area contributed by atoms with E-state index in [1.54, 1.807) is 41.3 Å². The van der Waals surface area contributed by atoms with Crippen molar-refractivity contribution >= 4 is 52.2 Å². The number of morpholine rings is 1. The average molecular weight is 436 g/mol. The van der Waals surface area contributed by atoms with E-state index < -0.39 is 17.7 Å². The molecule has 1 N–H and O–H groups in total. The van der Waals surface area contributed by atoms with Gasteiger partial charge in [-0.1, -0.05) is 17.7 Å². The third-order valence-corrected chi connectivity index (χ3v) is 5.98. The third kappa shape index (κ3) is 4.07. The first-order valence-corrected chi connectivity index (χ1v) is 10.3. The number of thiophene rings is 1. The monoisotopic (exact) mass is 435 g/mol. The van der Waals surface area contributed by atoms with E-state index >= 15 is 0 Å².